The van der Waals surface area contributed by atoms with E-state index in [1.165, 1.54) is 12.3 Å². The van der Waals surface area contributed by atoms with Crippen LogP contribution in [0.1, 0.15) is 0 Å². The van der Waals surface area contributed by atoms with Crippen LogP contribution in [0.2, 0.25) is 0 Å². The molecule has 0 aliphatic heterocycles. The summed E-state index contributed by atoms with van der Waals surface area (Å²) in [5.74, 6) is 0. The first kappa shape index (κ1) is 8.16. The summed E-state index contributed by atoms with van der Waals surface area (Å²) in [4.78, 5) is 3.55. The zero-order valence-electron chi connectivity index (χ0n) is 5.81. The van der Waals surface area contributed by atoms with Crippen LogP contribution < -0.4 is 0 Å². The molecule has 4 nitrogen and oxygen atoms in total. The summed E-state index contributed by atoms with van der Waals surface area (Å²) in [6.45, 7) is 0. The minimum absolute atomic E-state index is 0.192. The van der Waals surface area contributed by atoms with Gasteiger partial charge < -0.3 is 0 Å². The second-order valence-electron chi connectivity index (χ2n) is 1.71. The maximum absolute atomic E-state index is 10.9. The number of hydrogen-bond acceptors (Lipinski definition) is 4. The lowest BCUT2D eigenvalue weighted by molar-refractivity contribution is 0.395. The van der Waals surface area contributed by atoms with Crippen molar-refractivity contribution in [1.82, 2.24) is 4.98 Å². The Kier molecular flexibility index (Phi) is 2.21. The van der Waals surface area contributed by atoms with Gasteiger partial charge in [0.15, 0.2) is 5.03 Å². The van der Waals surface area contributed by atoms with Gasteiger partial charge in [0.05, 0.1) is 7.11 Å². The smallest absolute Gasteiger partial charge is 0.269 e. The number of rotatable bonds is 2. The van der Waals surface area contributed by atoms with Gasteiger partial charge in [0.1, 0.15) is 0 Å². The van der Waals surface area contributed by atoms with Crippen molar-refractivity contribution < 1.29 is 12.6 Å². The largest absolute Gasteiger partial charge is 0.314 e. The molecule has 0 saturated carbocycles. The fourth-order valence-corrected chi connectivity index (χ4v) is 1.09. The van der Waals surface area contributed by atoms with Gasteiger partial charge in [-0.3, -0.25) is 4.18 Å². The molecule has 0 unspecified atom stereocenters. The second-order valence-corrected chi connectivity index (χ2v) is 3.34. The van der Waals surface area contributed by atoms with E-state index in [0.29, 0.717) is 0 Å². The second kappa shape index (κ2) is 2.98. The van der Waals surface area contributed by atoms with Crippen molar-refractivity contribution in [2.75, 3.05) is 7.11 Å². The van der Waals surface area contributed by atoms with Crippen LogP contribution in [0, 0.1) is 6.07 Å². The molecule has 0 aliphatic carbocycles. The highest BCUT2D eigenvalue weighted by Gasteiger charge is 2.12. The van der Waals surface area contributed by atoms with E-state index in [1.54, 1.807) is 6.07 Å². The summed E-state index contributed by atoms with van der Waals surface area (Å²) in [5, 5.41) is -0.192. The van der Waals surface area contributed by atoms with Crippen LogP contribution in [0.15, 0.2) is 23.4 Å². The SMILES string of the molecule is COS(=O)(=O)c1[c]cccn1. The zero-order chi connectivity index (χ0) is 8.32. The lowest BCUT2D eigenvalue weighted by Crippen LogP contribution is -2.04. The van der Waals surface area contributed by atoms with E-state index >= 15 is 0 Å². The molecule has 1 heterocycles. The number of aromatic nitrogens is 1. The molecule has 0 fully saturated rings. The minimum atomic E-state index is -3.66. The fourth-order valence-electron chi connectivity index (χ4n) is 0.526. The van der Waals surface area contributed by atoms with Gasteiger partial charge in [0.2, 0.25) is 0 Å². The van der Waals surface area contributed by atoms with Crippen molar-refractivity contribution in [2.24, 2.45) is 0 Å². The summed E-state index contributed by atoms with van der Waals surface area (Å²) < 4.78 is 26.0. The van der Waals surface area contributed by atoms with Crippen LogP contribution in [-0.4, -0.2) is 20.5 Å². The number of pyridine rings is 1. The molecule has 0 atom stereocenters. The Labute approximate surface area is 65.0 Å². The summed E-state index contributed by atoms with van der Waals surface area (Å²) >= 11 is 0. The third-order valence-corrected chi connectivity index (χ3v) is 2.17. The van der Waals surface area contributed by atoms with Crippen molar-refractivity contribution in [2.45, 2.75) is 5.03 Å². The van der Waals surface area contributed by atoms with E-state index < -0.39 is 10.1 Å². The molecule has 0 spiro atoms. The minimum Gasteiger partial charge on any atom is -0.269 e. The van der Waals surface area contributed by atoms with Crippen LogP contribution in [0.3, 0.4) is 0 Å². The lowest BCUT2D eigenvalue weighted by Gasteiger charge is -1.96. The van der Waals surface area contributed by atoms with Crippen LogP contribution in [-0.2, 0) is 14.3 Å². The van der Waals surface area contributed by atoms with E-state index in [4.69, 9.17) is 0 Å². The third kappa shape index (κ3) is 1.75. The van der Waals surface area contributed by atoms with E-state index in [9.17, 15) is 8.42 Å². The average molecular weight is 172 g/mol. The van der Waals surface area contributed by atoms with Gasteiger partial charge in [-0.25, -0.2) is 4.98 Å². The topological polar surface area (TPSA) is 56.3 Å². The third-order valence-electron chi connectivity index (χ3n) is 1.04. The average Bonchev–Trinajstić information content (AvgIpc) is 2.06. The highest BCUT2D eigenvalue weighted by Crippen LogP contribution is 2.04. The molecular formula is C6H6NO3S. The van der Waals surface area contributed by atoms with Crippen molar-refractivity contribution >= 4 is 10.1 Å². The zero-order valence-corrected chi connectivity index (χ0v) is 6.63. The van der Waals surface area contributed by atoms with Crippen LogP contribution in [0.4, 0.5) is 0 Å². The standard InChI is InChI=1S/C6H6NO3S/c1-10-11(8,9)6-4-2-3-5-7-6/h2-3,5H,1H3. The Bertz CT molecular complexity index is 319. The van der Waals surface area contributed by atoms with Gasteiger partial charge in [-0.15, -0.1) is 0 Å². The van der Waals surface area contributed by atoms with Crippen LogP contribution in [0.25, 0.3) is 0 Å². The van der Waals surface area contributed by atoms with Gasteiger partial charge in [-0.1, -0.05) is 0 Å². The van der Waals surface area contributed by atoms with Crippen LogP contribution >= 0.6 is 0 Å². The first-order chi connectivity index (χ1) is 5.17. The molecule has 1 rings (SSSR count). The van der Waals surface area contributed by atoms with E-state index in [0.717, 1.165) is 7.11 Å². The maximum Gasteiger partial charge on any atom is 0.314 e. The molecule has 0 bridgehead atoms. The monoisotopic (exact) mass is 172 g/mol. The lowest BCUT2D eigenvalue weighted by atomic mass is 10.5. The molecule has 1 aromatic rings. The molecular weight excluding hydrogens is 166 g/mol. The Morgan fingerprint density at radius 1 is 1.64 bits per heavy atom. The van der Waals surface area contributed by atoms with Gasteiger partial charge in [0.25, 0.3) is 0 Å². The van der Waals surface area contributed by atoms with Crippen molar-refractivity contribution in [1.29, 1.82) is 0 Å². The Morgan fingerprint density at radius 3 is 2.82 bits per heavy atom. The quantitative estimate of drug-likeness (QED) is 0.599. The van der Waals surface area contributed by atoms with Crippen molar-refractivity contribution in [3.05, 3.63) is 24.4 Å². The Morgan fingerprint density at radius 2 is 2.36 bits per heavy atom. The summed E-state index contributed by atoms with van der Waals surface area (Å²) in [7, 11) is -2.58. The van der Waals surface area contributed by atoms with Crippen molar-refractivity contribution in [3.63, 3.8) is 0 Å². The summed E-state index contributed by atoms with van der Waals surface area (Å²) in [6, 6.07) is 5.47. The first-order valence-corrected chi connectivity index (χ1v) is 4.21. The maximum atomic E-state index is 10.9. The van der Waals surface area contributed by atoms with Gasteiger partial charge in [0, 0.05) is 12.3 Å². The van der Waals surface area contributed by atoms with E-state index in [-0.39, 0.29) is 5.03 Å². The predicted octanol–water partition coefficient (Wildman–Crippen LogP) is 0.217. The van der Waals surface area contributed by atoms with E-state index in [1.807, 2.05) is 0 Å². The molecule has 5 heteroatoms. The molecule has 11 heavy (non-hydrogen) atoms. The molecule has 0 aliphatic rings. The fraction of sp³-hybridized carbons (Fsp3) is 0.167. The van der Waals surface area contributed by atoms with Gasteiger partial charge in [-0.2, -0.15) is 8.42 Å². The summed E-state index contributed by atoms with van der Waals surface area (Å²) in [5.41, 5.74) is 0. The normalized spacial score (nSPS) is 11.4. The van der Waals surface area contributed by atoms with E-state index in [2.05, 4.69) is 15.2 Å². The summed E-state index contributed by atoms with van der Waals surface area (Å²) in [6.07, 6.45) is 1.36. The molecule has 1 radical (unpaired) electrons. The molecule has 0 N–H and O–H groups in total. The number of hydrogen-bond donors (Lipinski definition) is 0. The first-order valence-electron chi connectivity index (χ1n) is 2.80. The molecule has 0 saturated heterocycles. The number of nitrogens with zero attached hydrogens (tertiary/aromatic N) is 1. The van der Waals surface area contributed by atoms with Gasteiger partial charge in [-0.05, 0) is 12.1 Å². The van der Waals surface area contributed by atoms with Gasteiger partial charge >= 0.3 is 10.1 Å². The predicted molar refractivity (Wildman–Crippen MR) is 37.3 cm³/mol. The highest BCUT2D eigenvalue weighted by atomic mass is 32.2. The molecule has 0 amide bonds. The Balaban J connectivity index is 3.14. The molecule has 1 aromatic heterocycles. The van der Waals surface area contributed by atoms with Crippen LogP contribution in [0.5, 0.6) is 0 Å². The van der Waals surface area contributed by atoms with Crippen molar-refractivity contribution in [3.8, 4) is 0 Å². The molecule has 0 aromatic carbocycles. The Hall–Kier alpha value is -0.940. The highest BCUT2D eigenvalue weighted by molar-refractivity contribution is 7.86. The molecule has 59 valence electrons.